The Hall–Kier alpha value is -0.0800. The van der Waals surface area contributed by atoms with E-state index in [9.17, 15) is 8.42 Å². The molecule has 2 atom stereocenters. The molecule has 0 spiro atoms. The molecule has 1 saturated heterocycles. The topological polar surface area (TPSA) is 63.4 Å². The van der Waals surface area contributed by atoms with Crippen molar-refractivity contribution in [3.05, 3.63) is 17.0 Å². The average molecular weight is 306 g/mol. The summed E-state index contributed by atoms with van der Waals surface area (Å²) in [6.45, 7) is 5.72. The molecule has 18 heavy (non-hydrogen) atoms. The fourth-order valence-corrected chi connectivity index (χ4v) is 6.58. The van der Waals surface area contributed by atoms with Crippen LogP contribution in [-0.2, 0) is 16.6 Å². The summed E-state index contributed by atoms with van der Waals surface area (Å²) in [7, 11) is -3.33. The molecule has 0 saturated carbocycles. The third-order valence-corrected chi connectivity index (χ3v) is 7.45. The third-order valence-electron chi connectivity index (χ3n) is 2.82. The molecule has 1 aromatic rings. The maximum absolute atomic E-state index is 12.5. The Morgan fingerprint density at radius 3 is 2.44 bits per heavy atom. The lowest BCUT2D eigenvalue weighted by atomic mass is 10.4. The molecule has 0 aromatic carbocycles. The zero-order valence-electron chi connectivity index (χ0n) is 10.5. The maximum atomic E-state index is 12.5. The Morgan fingerprint density at radius 2 is 1.94 bits per heavy atom. The molecular weight excluding hydrogens is 288 g/mol. The second-order valence-corrected chi connectivity index (χ2v) is 9.72. The van der Waals surface area contributed by atoms with Gasteiger partial charge in [-0.15, -0.1) is 11.3 Å². The SMILES string of the molecule is CC1CN(S(=O)(=O)c2ccc(CN)s2)CC(C)S1. The highest BCUT2D eigenvalue weighted by Gasteiger charge is 2.32. The minimum absolute atomic E-state index is 0.345. The van der Waals surface area contributed by atoms with E-state index < -0.39 is 10.0 Å². The molecule has 4 nitrogen and oxygen atoms in total. The van der Waals surface area contributed by atoms with Crippen molar-refractivity contribution in [1.29, 1.82) is 0 Å². The summed E-state index contributed by atoms with van der Waals surface area (Å²) in [5.41, 5.74) is 5.53. The first-order valence-corrected chi connectivity index (χ1v) is 9.08. The number of thioether (sulfide) groups is 1. The van der Waals surface area contributed by atoms with Gasteiger partial charge in [0, 0.05) is 35.0 Å². The van der Waals surface area contributed by atoms with E-state index in [4.69, 9.17) is 5.73 Å². The molecule has 0 amide bonds. The van der Waals surface area contributed by atoms with Crippen LogP contribution < -0.4 is 5.73 Å². The molecule has 2 N–H and O–H groups in total. The number of nitrogens with two attached hydrogens (primary N) is 1. The van der Waals surface area contributed by atoms with Crippen LogP contribution in [0.25, 0.3) is 0 Å². The molecule has 1 fully saturated rings. The van der Waals surface area contributed by atoms with Gasteiger partial charge in [0.15, 0.2) is 0 Å². The monoisotopic (exact) mass is 306 g/mol. The Labute approximate surface area is 117 Å². The molecule has 2 rings (SSSR count). The summed E-state index contributed by atoms with van der Waals surface area (Å²) in [4.78, 5) is 0.904. The smallest absolute Gasteiger partial charge is 0.252 e. The van der Waals surface area contributed by atoms with Crippen molar-refractivity contribution in [2.45, 2.75) is 35.1 Å². The van der Waals surface area contributed by atoms with Crippen molar-refractivity contribution >= 4 is 33.1 Å². The number of hydrogen-bond acceptors (Lipinski definition) is 5. The van der Waals surface area contributed by atoms with Gasteiger partial charge in [0.05, 0.1) is 0 Å². The van der Waals surface area contributed by atoms with E-state index >= 15 is 0 Å². The van der Waals surface area contributed by atoms with Gasteiger partial charge >= 0.3 is 0 Å². The lowest BCUT2D eigenvalue weighted by molar-refractivity contribution is 0.406. The van der Waals surface area contributed by atoms with Gasteiger partial charge in [-0.2, -0.15) is 16.1 Å². The molecular formula is C11H18N2O2S3. The summed E-state index contributed by atoms with van der Waals surface area (Å²) in [6, 6.07) is 3.46. The molecule has 2 unspecified atom stereocenters. The number of thiophene rings is 1. The van der Waals surface area contributed by atoms with Crippen molar-refractivity contribution in [3.8, 4) is 0 Å². The van der Waals surface area contributed by atoms with E-state index in [1.165, 1.54) is 11.3 Å². The molecule has 7 heteroatoms. The molecule has 0 aliphatic carbocycles. The second kappa shape index (κ2) is 5.50. The molecule has 1 aliphatic heterocycles. The fraction of sp³-hybridized carbons (Fsp3) is 0.636. The average Bonchev–Trinajstić information content (AvgIpc) is 2.76. The van der Waals surface area contributed by atoms with Crippen molar-refractivity contribution in [3.63, 3.8) is 0 Å². The second-order valence-electron chi connectivity index (χ2n) is 4.50. The van der Waals surface area contributed by atoms with Gasteiger partial charge < -0.3 is 5.73 Å². The molecule has 2 heterocycles. The van der Waals surface area contributed by atoms with Crippen LogP contribution in [0.2, 0.25) is 0 Å². The summed E-state index contributed by atoms with van der Waals surface area (Å²) in [6.07, 6.45) is 0. The molecule has 1 aromatic heterocycles. The molecule has 1 aliphatic rings. The largest absolute Gasteiger partial charge is 0.326 e. The minimum atomic E-state index is -3.33. The van der Waals surface area contributed by atoms with Crippen LogP contribution in [0.1, 0.15) is 18.7 Å². The zero-order chi connectivity index (χ0) is 13.3. The first-order chi connectivity index (χ1) is 8.43. The van der Waals surface area contributed by atoms with E-state index in [0.29, 0.717) is 34.3 Å². The van der Waals surface area contributed by atoms with Crippen LogP contribution in [0.5, 0.6) is 0 Å². The Balaban J connectivity index is 2.25. The molecule has 0 bridgehead atoms. The standard InChI is InChI=1S/C11H18N2O2S3/c1-8-6-13(7-9(2)16-8)18(14,15)11-4-3-10(5-12)17-11/h3-4,8-9H,5-7,12H2,1-2H3. The quantitative estimate of drug-likeness (QED) is 0.923. The lowest BCUT2D eigenvalue weighted by Gasteiger charge is -2.33. The van der Waals surface area contributed by atoms with Gasteiger partial charge in [-0.05, 0) is 12.1 Å². The number of nitrogens with zero attached hydrogens (tertiary/aromatic N) is 1. The predicted molar refractivity (Wildman–Crippen MR) is 77.5 cm³/mol. The fourth-order valence-electron chi connectivity index (χ4n) is 2.06. The third kappa shape index (κ3) is 2.91. The molecule has 102 valence electrons. The maximum Gasteiger partial charge on any atom is 0.252 e. The van der Waals surface area contributed by atoms with Gasteiger partial charge in [0.2, 0.25) is 0 Å². The van der Waals surface area contributed by atoms with Crippen molar-refractivity contribution < 1.29 is 8.42 Å². The summed E-state index contributed by atoms with van der Waals surface area (Å²) in [5, 5.41) is 0.690. The van der Waals surface area contributed by atoms with Gasteiger partial charge in [0.25, 0.3) is 10.0 Å². The van der Waals surface area contributed by atoms with E-state index in [1.807, 2.05) is 11.8 Å². The Bertz CT molecular complexity index is 502. The number of rotatable bonds is 3. The summed E-state index contributed by atoms with van der Waals surface area (Å²) in [5.74, 6) is 0. The van der Waals surface area contributed by atoms with Crippen LogP contribution in [0.15, 0.2) is 16.3 Å². The highest BCUT2D eigenvalue weighted by molar-refractivity contribution is 8.00. The highest BCUT2D eigenvalue weighted by Crippen LogP contribution is 2.31. The van der Waals surface area contributed by atoms with Gasteiger partial charge in [-0.1, -0.05) is 13.8 Å². The van der Waals surface area contributed by atoms with E-state index in [-0.39, 0.29) is 0 Å². The predicted octanol–water partition coefficient (Wildman–Crippen LogP) is 1.72. The van der Waals surface area contributed by atoms with E-state index in [2.05, 4.69) is 13.8 Å². The molecule has 0 radical (unpaired) electrons. The van der Waals surface area contributed by atoms with Crippen LogP contribution in [0.3, 0.4) is 0 Å². The van der Waals surface area contributed by atoms with Gasteiger partial charge in [-0.3, -0.25) is 0 Å². The number of sulfonamides is 1. The number of hydrogen-bond donors (Lipinski definition) is 1. The zero-order valence-corrected chi connectivity index (χ0v) is 12.9. The van der Waals surface area contributed by atoms with Gasteiger partial charge in [0.1, 0.15) is 4.21 Å². The van der Waals surface area contributed by atoms with Crippen LogP contribution >= 0.6 is 23.1 Å². The highest BCUT2D eigenvalue weighted by atomic mass is 32.2. The van der Waals surface area contributed by atoms with Crippen molar-refractivity contribution in [1.82, 2.24) is 4.31 Å². The first-order valence-electron chi connectivity index (χ1n) is 5.88. The summed E-state index contributed by atoms with van der Waals surface area (Å²) < 4.78 is 27.0. The van der Waals surface area contributed by atoms with Crippen LogP contribution in [0.4, 0.5) is 0 Å². The summed E-state index contributed by atoms with van der Waals surface area (Å²) >= 11 is 3.12. The normalized spacial score (nSPS) is 26.4. The first kappa shape index (κ1) is 14.3. The van der Waals surface area contributed by atoms with E-state index in [1.54, 1.807) is 16.4 Å². The van der Waals surface area contributed by atoms with Crippen LogP contribution in [0, 0.1) is 0 Å². The van der Waals surface area contributed by atoms with E-state index in [0.717, 1.165) is 4.88 Å². The van der Waals surface area contributed by atoms with Crippen LogP contribution in [-0.4, -0.2) is 36.3 Å². The Kier molecular flexibility index (Phi) is 4.38. The van der Waals surface area contributed by atoms with Crippen molar-refractivity contribution in [2.75, 3.05) is 13.1 Å². The lowest BCUT2D eigenvalue weighted by Crippen LogP contribution is -2.43. The minimum Gasteiger partial charge on any atom is -0.326 e. The van der Waals surface area contributed by atoms with Gasteiger partial charge in [-0.25, -0.2) is 8.42 Å². The Morgan fingerprint density at radius 1 is 1.33 bits per heavy atom. The van der Waals surface area contributed by atoms with Crippen molar-refractivity contribution in [2.24, 2.45) is 5.73 Å².